The minimum Gasteiger partial charge on any atom is -0.339 e. The summed E-state index contributed by atoms with van der Waals surface area (Å²) >= 11 is 0. The molecule has 0 saturated heterocycles. The van der Waals surface area contributed by atoms with E-state index >= 15 is 0 Å². The quantitative estimate of drug-likeness (QED) is 0.832. The van der Waals surface area contributed by atoms with E-state index in [-0.39, 0.29) is 17.3 Å². The zero-order chi connectivity index (χ0) is 12.4. The Kier molecular flexibility index (Phi) is 3.10. The maximum absolute atomic E-state index is 13.0. The van der Waals surface area contributed by atoms with Gasteiger partial charge in [-0.3, -0.25) is 0 Å². The Morgan fingerprint density at radius 3 is 2.41 bits per heavy atom. The van der Waals surface area contributed by atoms with E-state index in [4.69, 9.17) is 10.3 Å². The van der Waals surface area contributed by atoms with E-state index < -0.39 is 17.5 Å². The number of hydrogen-bond donors (Lipinski definition) is 1. The Hall–Kier alpha value is -1.89. The predicted octanol–water partition coefficient (Wildman–Crippen LogP) is 1.66. The van der Waals surface area contributed by atoms with Gasteiger partial charge in [0.1, 0.15) is 0 Å². The van der Waals surface area contributed by atoms with Crippen LogP contribution in [0.5, 0.6) is 0 Å². The number of rotatable bonds is 3. The summed E-state index contributed by atoms with van der Waals surface area (Å²) in [6.45, 7) is 0.313. The van der Waals surface area contributed by atoms with Crippen molar-refractivity contribution in [1.29, 1.82) is 0 Å². The van der Waals surface area contributed by atoms with Gasteiger partial charge in [-0.2, -0.15) is 4.98 Å². The van der Waals surface area contributed by atoms with Crippen molar-refractivity contribution in [3.05, 3.63) is 35.5 Å². The molecule has 17 heavy (non-hydrogen) atoms. The molecule has 1 aromatic heterocycles. The molecule has 2 aromatic rings. The molecule has 1 aromatic carbocycles. The lowest BCUT2D eigenvalue weighted by atomic mass is 10.2. The van der Waals surface area contributed by atoms with Gasteiger partial charge in [0.2, 0.25) is 11.7 Å². The Balaban J connectivity index is 2.39. The molecule has 0 aliphatic heterocycles. The molecule has 7 heteroatoms. The molecule has 0 atom stereocenters. The largest absolute Gasteiger partial charge is 0.339 e. The van der Waals surface area contributed by atoms with Crippen LogP contribution in [0.15, 0.2) is 16.7 Å². The standard InChI is InChI=1S/C10H8F3N3O/c11-6-3-5(4-7(12)9(6)13)10-15-8(1-2-14)17-16-10/h3-4H,1-2,14H2. The van der Waals surface area contributed by atoms with Gasteiger partial charge in [0.15, 0.2) is 17.5 Å². The first-order chi connectivity index (χ1) is 8.11. The highest BCUT2D eigenvalue weighted by Crippen LogP contribution is 2.21. The summed E-state index contributed by atoms with van der Waals surface area (Å²) in [6.07, 6.45) is 0.360. The summed E-state index contributed by atoms with van der Waals surface area (Å²) in [5.41, 5.74) is 5.29. The van der Waals surface area contributed by atoms with Crippen LogP contribution in [0.3, 0.4) is 0 Å². The molecular formula is C10H8F3N3O. The summed E-state index contributed by atoms with van der Waals surface area (Å²) in [5, 5.41) is 3.52. The monoisotopic (exact) mass is 243 g/mol. The minimum absolute atomic E-state index is 0.00780. The Morgan fingerprint density at radius 1 is 1.18 bits per heavy atom. The highest BCUT2D eigenvalue weighted by molar-refractivity contribution is 5.54. The van der Waals surface area contributed by atoms with Gasteiger partial charge in [0, 0.05) is 18.5 Å². The molecule has 0 unspecified atom stereocenters. The van der Waals surface area contributed by atoms with E-state index in [1.54, 1.807) is 0 Å². The lowest BCUT2D eigenvalue weighted by Gasteiger charge is -1.97. The third kappa shape index (κ3) is 2.28. The Labute approximate surface area is 94.2 Å². The van der Waals surface area contributed by atoms with Crippen LogP contribution in [0, 0.1) is 17.5 Å². The van der Waals surface area contributed by atoms with E-state index in [0.29, 0.717) is 13.0 Å². The van der Waals surface area contributed by atoms with Crippen LogP contribution >= 0.6 is 0 Å². The molecule has 0 radical (unpaired) electrons. The molecule has 2 N–H and O–H groups in total. The SMILES string of the molecule is NCCc1nc(-c2cc(F)c(F)c(F)c2)no1. The smallest absolute Gasteiger partial charge is 0.228 e. The molecule has 4 nitrogen and oxygen atoms in total. The Morgan fingerprint density at radius 2 is 1.82 bits per heavy atom. The number of halogens is 3. The second-order valence-corrected chi connectivity index (χ2v) is 3.30. The van der Waals surface area contributed by atoms with Crippen LogP contribution in [-0.4, -0.2) is 16.7 Å². The highest BCUT2D eigenvalue weighted by Gasteiger charge is 2.15. The molecule has 1 heterocycles. The topological polar surface area (TPSA) is 64.9 Å². The molecule has 0 spiro atoms. The first kappa shape index (κ1) is 11.6. The molecular weight excluding hydrogens is 235 g/mol. The number of hydrogen-bond acceptors (Lipinski definition) is 4. The van der Waals surface area contributed by atoms with Gasteiger partial charge in [-0.15, -0.1) is 0 Å². The van der Waals surface area contributed by atoms with Crippen LogP contribution in [0.4, 0.5) is 13.2 Å². The number of nitrogens with zero attached hydrogens (tertiary/aromatic N) is 2. The van der Waals surface area contributed by atoms with Gasteiger partial charge in [-0.1, -0.05) is 5.16 Å². The summed E-state index contributed by atoms with van der Waals surface area (Å²) in [7, 11) is 0. The summed E-state index contributed by atoms with van der Waals surface area (Å²) in [6, 6.07) is 1.60. The van der Waals surface area contributed by atoms with Gasteiger partial charge in [0.05, 0.1) is 0 Å². The van der Waals surface area contributed by atoms with E-state index in [1.165, 1.54) is 0 Å². The molecule has 0 aliphatic carbocycles. The average Bonchev–Trinajstić information content (AvgIpc) is 2.74. The van der Waals surface area contributed by atoms with Crippen LogP contribution < -0.4 is 5.73 Å². The fourth-order valence-corrected chi connectivity index (χ4v) is 1.28. The van der Waals surface area contributed by atoms with Gasteiger partial charge in [0.25, 0.3) is 0 Å². The van der Waals surface area contributed by atoms with E-state index in [1.807, 2.05) is 0 Å². The summed E-state index contributed by atoms with van der Waals surface area (Å²) < 4.78 is 43.4. The summed E-state index contributed by atoms with van der Waals surface area (Å²) in [5.74, 6) is -3.88. The van der Waals surface area contributed by atoms with Crippen molar-refractivity contribution >= 4 is 0 Å². The second-order valence-electron chi connectivity index (χ2n) is 3.30. The van der Waals surface area contributed by atoms with Gasteiger partial charge >= 0.3 is 0 Å². The zero-order valence-electron chi connectivity index (χ0n) is 8.58. The first-order valence-corrected chi connectivity index (χ1v) is 4.79. The van der Waals surface area contributed by atoms with Crippen LogP contribution in [0.25, 0.3) is 11.4 Å². The summed E-state index contributed by atoms with van der Waals surface area (Å²) in [4.78, 5) is 3.87. The van der Waals surface area contributed by atoms with E-state index in [9.17, 15) is 13.2 Å². The maximum Gasteiger partial charge on any atom is 0.228 e. The molecule has 0 aliphatic rings. The fraction of sp³-hybridized carbons (Fsp3) is 0.200. The van der Waals surface area contributed by atoms with Crippen LogP contribution in [0.2, 0.25) is 0 Å². The molecule has 90 valence electrons. The number of nitrogens with two attached hydrogens (primary N) is 1. The van der Waals surface area contributed by atoms with Crippen molar-refractivity contribution in [2.24, 2.45) is 5.73 Å². The van der Waals surface area contributed by atoms with Crippen molar-refractivity contribution in [2.45, 2.75) is 6.42 Å². The minimum atomic E-state index is -1.53. The van der Waals surface area contributed by atoms with Crippen molar-refractivity contribution in [3.8, 4) is 11.4 Å². The zero-order valence-corrected chi connectivity index (χ0v) is 8.58. The third-order valence-corrected chi connectivity index (χ3v) is 2.07. The van der Waals surface area contributed by atoms with Crippen molar-refractivity contribution in [1.82, 2.24) is 10.1 Å². The molecule has 2 rings (SSSR count). The Bertz CT molecular complexity index is 518. The molecule has 0 bridgehead atoms. The maximum atomic E-state index is 13.0. The number of benzene rings is 1. The normalized spacial score (nSPS) is 10.8. The van der Waals surface area contributed by atoms with Crippen molar-refractivity contribution < 1.29 is 17.7 Å². The average molecular weight is 243 g/mol. The van der Waals surface area contributed by atoms with Gasteiger partial charge in [-0.25, -0.2) is 13.2 Å². The third-order valence-electron chi connectivity index (χ3n) is 2.07. The fourth-order valence-electron chi connectivity index (χ4n) is 1.28. The number of aromatic nitrogens is 2. The van der Waals surface area contributed by atoms with E-state index in [2.05, 4.69) is 10.1 Å². The van der Waals surface area contributed by atoms with Gasteiger partial charge < -0.3 is 10.3 Å². The highest BCUT2D eigenvalue weighted by atomic mass is 19.2. The van der Waals surface area contributed by atoms with Crippen molar-refractivity contribution in [2.75, 3.05) is 6.54 Å². The molecule has 0 fully saturated rings. The van der Waals surface area contributed by atoms with Crippen LogP contribution in [-0.2, 0) is 6.42 Å². The lowest BCUT2D eigenvalue weighted by Crippen LogP contribution is -2.02. The molecule has 0 amide bonds. The predicted molar refractivity (Wildman–Crippen MR) is 52.4 cm³/mol. The van der Waals surface area contributed by atoms with Crippen molar-refractivity contribution in [3.63, 3.8) is 0 Å². The first-order valence-electron chi connectivity index (χ1n) is 4.79. The van der Waals surface area contributed by atoms with E-state index in [0.717, 1.165) is 12.1 Å². The lowest BCUT2D eigenvalue weighted by molar-refractivity contribution is 0.380. The second kappa shape index (κ2) is 4.54. The molecule has 0 saturated carbocycles. The van der Waals surface area contributed by atoms with Crippen LogP contribution in [0.1, 0.15) is 5.89 Å². The van der Waals surface area contributed by atoms with Gasteiger partial charge in [-0.05, 0) is 12.1 Å².